The summed E-state index contributed by atoms with van der Waals surface area (Å²) in [6, 6.07) is -0.648. The lowest BCUT2D eigenvalue weighted by atomic mass is 9.95. The van der Waals surface area contributed by atoms with Crippen molar-refractivity contribution in [3.63, 3.8) is 0 Å². The van der Waals surface area contributed by atoms with Crippen LogP contribution in [0.2, 0.25) is 0 Å². The van der Waals surface area contributed by atoms with E-state index in [2.05, 4.69) is 10.4 Å². The number of nitrogens with one attached hydrogen (secondary N) is 1. The smallest absolute Gasteiger partial charge is 0.275 e. The second kappa shape index (κ2) is 6.31. The van der Waals surface area contributed by atoms with Crippen molar-refractivity contribution < 1.29 is 9.59 Å². The summed E-state index contributed by atoms with van der Waals surface area (Å²) in [5.41, 5.74) is 8.72. The van der Waals surface area contributed by atoms with Crippen LogP contribution >= 0.6 is 0 Å². The highest BCUT2D eigenvalue weighted by Crippen LogP contribution is 2.27. The minimum atomic E-state index is -0.487. The van der Waals surface area contributed by atoms with E-state index in [-0.39, 0.29) is 17.9 Å². The Morgan fingerprint density at radius 2 is 2.09 bits per heavy atom. The van der Waals surface area contributed by atoms with Crippen molar-refractivity contribution in [3.05, 3.63) is 17.0 Å². The van der Waals surface area contributed by atoms with Gasteiger partial charge in [-0.2, -0.15) is 5.10 Å². The number of carbonyl (C=O) groups excluding carboxylic acids is 2. The Morgan fingerprint density at radius 3 is 2.83 bits per heavy atom. The molecule has 0 bridgehead atoms. The van der Waals surface area contributed by atoms with Crippen molar-refractivity contribution in [3.8, 4) is 0 Å². The highest BCUT2D eigenvalue weighted by Gasteiger charge is 2.40. The first-order chi connectivity index (χ1) is 11.0. The van der Waals surface area contributed by atoms with Gasteiger partial charge in [0, 0.05) is 37.4 Å². The SMILES string of the molecule is CCNC(=O)[C@@H]1C[C@@H](N)CN1C(=O)c1nn(C)c2c1CCCC2. The number of hydrogen-bond donors (Lipinski definition) is 2. The Kier molecular flexibility index (Phi) is 4.39. The average molecular weight is 319 g/mol. The molecule has 1 aliphatic heterocycles. The van der Waals surface area contributed by atoms with Gasteiger partial charge in [0.25, 0.3) is 5.91 Å². The molecule has 7 nitrogen and oxygen atoms in total. The van der Waals surface area contributed by atoms with E-state index >= 15 is 0 Å². The maximum Gasteiger partial charge on any atom is 0.275 e. The molecule has 126 valence electrons. The number of amides is 2. The summed E-state index contributed by atoms with van der Waals surface area (Å²) in [5.74, 6) is -0.286. The molecule has 1 saturated heterocycles. The van der Waals surface area contributed by atoms with Gasteiger partial charge in [0.05, 0.1) is 0 Å². The fourth-order valence-corrected chi connectivity index (χ4v) is 3.71. The summed E-state index contributed by atoms with van der Waals surface area (Å²) in [5, 5.41) is 7.25. The second-order valence-electron chi connectivity index (χ2n) is 6.47. The lowest BCUT2D eigenvalue weighted by Gasteiger charge is -2.23. The molecule has 2 aliphatic rings. The Balaban J connectivity index is 1.88. The van der Waals surface area contributed by atoms with E-state index in [4.69, 9.17) is 5.73 Å². The van der Waals surface area contributed by atoms with Gasteiger partial charge in [-0.05, 0) is 39.0 Å². The second-order valence-corrected chi connectivity index (χ2v) is 6.47. The first-order valence-electron chi connectivity index (χ1n) is 8.42. The molecule has 0 aromatic carbocycles. The van der Waals surface area contributed by atoms with Crippen molar-refractivity contribution in [1.82, 2.24) is 20.0 Å². The van der Waals surface area contributed by atoms with Crippen LogP contribution in [-0.4, -0.2) is 51.7 Å². The van der Waals surface area contributed by atoms with Gasteiger partial charge in [-0.25, -0.2) is 0 Å². The lowest BCUT2D eigenvalue weighted by molar-refractivity contribution is -0.124. The molecule has 0 saturated carbocycles. The van der Waals surface area contributed by atoms with Crippen molar-refractivity contribution in [2.24, 2.45) is 12.8 Å². The van der Waals surface area contributed by atoms with Gasteiger partial charge < -0.3 is 16.0 Å². The number of aryl methyl sites for hydroxylation is 1. The number of nitrogens with zero attached hydrogens (tertiary/aromatic N) is 3. The monoisotopic (exact) mass is 319 g/mol. The van der Waals surface area contributed by atoms with E-state index in [1.54, 1.807) is 4.90 Å². The summed E-state index contributed by atoms with van der Waals surface area (Å²) in [7, 11) is 1.89. The van der Waals surface area contributed by atoms with Crippen LogP contribution in [0.5, 0.6) is 0 Å². The summed E-state index contributed by atoms with van der Waals surface area (Å²) in [4.78, 5) is 26.9. The predicted molar refractivity (Wildman–Crippen MR) is 86.0 cm³/mol. The van der Waals surface area contributed by atoms with Crippen molar-refractivity contribution >= 4 is 11.8 Å². The number of carbonyl (C=O) groups is 2. The first kappa shape index (κ1) is 16.0. The predicted octanol–water partition coefficient (Wildman–Crippen LogP) is -0.0232. The van der Waals surface area contributed by atoms with Crippen molar-refractivity contribution in [2.75, 3.05) is 13.1 Å². The highest BCUT2D eigenvalue weighted by atomic mass is 16.2. The van der Waals surface area contributed by atoms with E-state index in [0.717, 1.165) is 36.9 Å². The standard InChI is InChI=1S/C16H25N5O2/c1-3-18-15(22)13-8-10(17)9-21(13)16(23)14-11-6-4-5-7-12(11)20(2)19-14/h10,13H,3-9,17H2,1-2H3,(H,18,22)/t10-,13+/m1/s1. The fourth-order valence-electron chi connectivity index (χ4n) is 3.71. The van der Waals surface area contributed by atoms with Gasteiger partial charge in [-0.1, -0.05) is 0 Å². The summed E-state index contributed by atoms with van der Waals surface area (Å²) in [6.07, 6.45) is 4.57. The molecule has 0 radical (unpaired) electrons. The molecule has 2 atom stereocenters. The molecule has 3 N–H and O–H groups in total. The van der Waals surface area contributed by atoms with E-state index in [1.807, 2.05) is 18.7 Å². The molecule has 23 heavy (non-hydrogen) atoms. The maximum atomic E-state index is 13.0. The van der Waals surface area contributed by atoms with Crippen molar-refractivity contribution in [1.29, 1.82) is 0 Å². The molecule has 3 rings (SSSR count). The normalized spacial score (nSPS) is 23.7. The van der Waals surface area contributed by atoms with Crippen molar-refractivity contribution in [2.45, 2.75) is 51.1 Å². The lowest BCUT2D eigenvalue weighted by Crippen LogP contribution is -2.46. The van der Waals surface area contributed by atoms with Crippen LogP contribution in [0, 0.1) is 0 Å². The van der Waals surface area contributed by atoms with Crippen LogP contribution in [-0.2, 0) is 24.7 Å². The fraction of sp³-hybridized carbons (Fsp3) is 0.688. The molecule has 0 spiro atoms. The summed E-state index contributed by atoms with van der Waals surface area (Å²) >= 11 is 0. The number of rotatable bonds is 3. The number of fused-ring (bicyclic) bond motifs is 1. The number of aromatic nitrogens is 2. The molecular weight excluding hydrogens is 294 g/mol. The molecule has 1 aromatic heterocycles. The summed E-state index contributed by atoms with van der Waals surface area (Å²) in [6.45, 7) is 2.83. The third kappa shape index (κ3) is 2.85. The average Bonchev–Trinajstić information content (AvgIpc) is 3.08. The van der Waals surface area contributed by atoms with E-state index < -0.39 is 6.04 Å². The number of hydrogen-bond acceptors (Lipinski definition) is 4. The van der Waals surface area contributed by atoms with Gasteiger partial charge in [0.15, 0.2) is 5.69 Å². The molecular formula is C16H25N5O2. The molecule has 2 amide bonds. The molecule has 7 heteroatoms. The van der Waals surface area contributed by atoms with Gasteiger partial charge in [-0.15, -0.1) is 0 Å². The minimum Gasteiger partial charge on any atom is -0.355 e. The number of nitrogens with two attached hydrogens (primary N) is 1. The zero-order valence-electron chi connectivity index (χ0n) is 13.8. The molecule has 2 heterocycles. The van der Waals surface area contributed by atoms with E-state index in [0.29, 0.717) is 25.2 Å². The van der Waals surface area contributed by atoms with Gasteiger partial charge in [-0.3, -0.25) is 14.3 Å². The molecule has 1 aliphatic carbocycles. The van der Waals surface area contributed by atoms with Crippen LogP contribution in [0.25, 0.3) is 0 Å². The Bertz CT molecular complexity index is 624. The zero-order chi connectivity index (χ0) is 16.6. The third-order valence-electron chi connectivity index (χ3n) is 4.82. The topological polar surface area (TPSA) is 93.2 Å². The summed E-state index contributed by atoms with van der Waals surface area (Å²) < 4.78 is 1.82. The highest BCUT2D eigenvalue weighted by molar-refractivity contribution is 5.98. The first-order valence-corrected chi connectivity index (χ1v) is 8.42. The quantitative estimate of drug-likeness (QED) is 0.818. The Labute approximate surface area is 136 Å². The number of likely N-dealkylation sites (tertiary alicyclic amines) is 1. The zero-order valence-corrected chi connectivity index (χ0v) is 13.8. The van der Waals surface area contributed by atoms with E-state index in [9.17, 15) is 9.59 Å². The van der Waals surface area contributed by atoms with Gasteiger partial charge >= 0.3 is 0 Å². The molecule has 1 fully saturated rings. The molecule has 1 aromatic rings. The Morgan fingerprint density at radius 1 is 1.35 bits per heavy atom. The van der Waals surface area contributed by atoms with Crippen LogP contribution < -0.4 is 11.1 Å². The van der Waals surface area contributed by atoms with Crippen LogP contribution in [0.4, 0.5) is 0 Å². The van der Waals surface area contributed by atoms with Crippen LogP contribution in [0.1, 0.15) is 47.9 Å². The van der Waals surface area contributed by atoms with Crippen LogP contribution in [0.3, 0.4) is 0 Å². The third-order valence-corrected chi connectivity index (χ3v) is 4.82. The largest absolute Gasteiger partial charge is 0.355 e. The van der Waals surface area contributed by atoms with E-state index in [1.165, 1.54) is 0 Å². The van der Waals surface area contributed by atoms with Gasteiger partial charge in [0.2, 0.25) is 5.91 Å². The minimum absolute atomic E-state index is 0.126. The number of likely N-dealkylation sites (N-methyl/N-ethyl adjacent to an activating group) is 1. The Hall–Kier alpha value is -1.89. The maximum absolute atomic E-state index is 13.0. The van der Waals surface area contributed by atoms with Crippen LogP contribution in [0.15, 0.2) is 0 Å². The molecule has 0 unspecified atom stereocenters. The van der Waals surface area contributed by atoms with Gasteiger partial charge in [0.1, 0.15) is 6.04 Å².